The summed E-state index contributed by atoms with van der Waals surface area (Å²) < 4.78 is 0. The molecule has 1 heterocycles. The van der Waals surface area contributed by atoms with Crippen LogP contribution in [0.3, 0.4) is 0 Å². The van der Waals surface area contributed by atoms with Crippen LogP contribution in [0.1, 0.15) is 25.3 Å². The van der Waals surface area contributed by atoms with Crippen LogP contribution in [0.5, 0.6) is 0 Å². The number of carboxylic acid groups (broad SMARTS) is 1. The molecule has 1 atom stereocenters. The molecule has 4 nitrogen and oxygen atoms in total. The molecule has 0 spiro atoms. The van der Waals surface area contributed by atoms with Crippen molar-refractivity contribution < 1.29 is 9.90 Å². The Labute approximate surface area is 89.3 Å². The maximum atomic E-state index is 10.4. The molecule has 82 valence electrons. The highest BCUT2D eigenvalue weighted by molar-refractivity contribution is 5.66. The lowest BCUT2D eigenvalue weighted by Crippen LogP contribution is -2.16. The smallest absolute Gasteiger partial charge is 0.303 e. The fraction of sp³-hybridized carbons (Fsp3) is 0.455. The zero-order valence-corrected chi connectivity index (χ0v) is 9.03. The number of carbonyl (C=O) groups is 1. The molecule has 0 radical (unpaired) electrons. The topological polar surface area (TPSA) is 62.2 Å². The molecule has 1 rings (SSSR count). The lowest BCUT2D eigenvalue weighted by molar-refractivity contribution is -0.137. The highest BCUT2D eigenvalue weighted by Gasteiger charge is 2.05. The molecule has 15 heavy (non-hydrogen) atoms. The standard InChI is InChI=1S/C11H16N2O2/c1-8-5-10(7-12-6-8)13-9(2)3-4-11(14)15/h5-7,9,13H,3-4H2,1-2H3,(H,14,15). The van der Waals surface area contributed by atoms with Crippen LogP contribution in [-0.2, 0) is 4.79 Å². The molecule has 0 amide bonds. The van der Waals surface area contributed by atoms with Gasteiger partial charge in [0.1, 0.15) is 0 Å². The highest BCUT2D eigenvalue weighted by Crippen LogP contribution is 2.10. The van der Waals surface area contributed by atoms with Crippen molar-refractivity contribution in [3.05, 3.63) is 24.0 Å². The second kappa shape index (κ2) is 5.34. The summed E-state index contributed by atoms with van der Waals surface area (Å²) in [6.45, 7) is 3.94. The number of nitrogens with zero attached hydrogens (tertiary/aromatic N) is 1. The molecule has 1 aromatic heterocycles. The predicted octanol–water partition coefficient (Wildman–Crippen LogP) is 2.06. The first-order chi connectivity index (χ1) is 7.08. The fourth-order valence-corrected chi connectivity index (χ4v) is 1.33. The van der Waals surface area contributed by atoms with Crippen molar-refractivity contribution in [2.45, 2.75) is 32.7 Å². The molecule has 0 saturated carbocycles. The average molecular weight is 208 g/mol. The van der Waals surface area contributed by atoms with Crippen molar-refractivity contribution in [1.82, 2.24) is 4.98 Å². The van der Waals surface area contributed by atoms with Gasteiger partial charge in [-0.1, -0.05) is 0 Å². The largest absolute Gasteiger partial charge is 0.481 e. The van der Waals surface area contributed by atoms with Gasteiger partial charge < -0.3 is 10.4 Å². The number of hydrogen-bond donors (Lipinski definition) is 2. The van der Waals surface area contributed by atoms with Crippen LogP contribution in [0.25, 0.3) is 0 Å². The number of aryl methyl sites for hydroxylation is 1. The summed E-state index contributed by atoms with van der Waals surface area (Å²) in [6, 6.07) is 2.13. The minimum atomic E-state index is -0.758. The summed E-state index contributed by atoms with van der Waals surface area (Å²) in [4.78, 5) is 14.4. The number of aliphatic carboxylic acids is 1. The quantitative estimate of drug-likeness (QED) is 0.777. The van der Waals surface area contributed by atoms with Gasteiger partial charge in [0.2, 0.25) is 0 Å². The highest BCUT2D eigenvalue weighted by atomic mass is 16.4. The SMILES string of the molecule is Cc1cncc(NC(C)CCC(=O)O)c1. The molecule has 1 unspecified atom stereocenters. The molecule has 4 heteroatoms. The summed E-state index contributed by atoms with van der Waals surface area (Å²) >= 11 is 0. The summed E-state index contributed by atoms with van der Waals surface area (Å²) in [5.74, 6) is -0.758. The second-order valence-electron chi connectivity index (χ2n) is 3.73. The van der Waals surface area contributed by atoms with Crippen molar-refractivity contribution in [3.8, 4) is 0 Å². The fourth-order valence-electron chi connectivity index (χ4n) is 1.33. The third-order valence-electron chi connectivity index (χ3n) is 2.08. The lowest BCUT2D eigenvalue weighted by atomic mass is 10.1. The maximum Gasteiger partial charge on any atom is 0.303 e. The zero-order chi connectivity index (χ0) is 11.3. The van der Waals surface area contributed by atoms with Crippen molar-refractivity contribution in [1.29, 1.82) is 0 Å². The number of rotatable bonds is 5. The van der Waals surface area contributed by atoms with Crippen molar-refractivity contribution in [2.24, 2.45) is 0 Å². The molecular formula is C11H16N2O2. The lowest BCUT2D eigenvalue weighted by Gasteiger charge is -2.13. The first kappa shape index (κ1) is 11.5. The van der Waals surface area contributed by atoms with Gasteiger partial charge in [0.15, 0.2) is 0 Å². The van der Waals surface area contributed by atoms with E-state index in [9.17, 15) is 4.79 Å². The van der Waals surface area contributed by atoms with Gasteiger partial charge in [-0.15, -0.1) is 0 Å². The summed E-state index contributed by atoms with van der Waals surface area (Å²) in [7, 11) is 0. The Balaban J connectivity index is 2.44. The van der Waals surface area contributed by atoms with Gasteiger partial charge in [-0.2, -0.15) is 0 Å². The van der Waals surface area contributed by atoms with Crippen LogP contribution in [0.15, 0.2) is 18.5 Å². The third-order valence-corrected chi connectivity index (χ3v) is 2.08. The maximum absolute atomic E-state index is 10.4. The van der Waals surface area contributed by atoms with Gasteiger partial charge in [-0.05, 0) is 31.9 Å². The monoisotopic (exact) mass is 208 g/mol. The van der Waals surface area contributed by atoms with Gasteiger partial charge in [-0.3, -0.25) is 9.78 Å². The molecular weight excluding hydrogens is 192 g/mol. The molecule has 0 aliphatic carbocycles. The summed E-state index contributed by atoms with van der Waals surface area (Å²) in [5.41, 5.74) is 2.03. The normalized spacial score (nSPS) is 12.1. The van der Waals surface area contributed by atoms with E-state index in [-0.39, 0.29) is 12.5 Å². The molecule has 0 fully saturated rings. The van der Waals surface area contributed by atoms with Gasteiger partial charge >= 0.3 is 5.97 Å². The number of hydrogen-bond acceptors (Lipinski definition) is 3. The van der Waals surface area contributed by atoms with Crippen molar-refractivity contribution >= 4 is 11.7 Å². The van der Waals surface area contributed by atoms with Crippen molar-refractivity contribution in [3.63, 3.8) is 0 Å². The molecule has 0 aromatic carbocycles. The third kappa shape index (κ3) is 4.44. The van der Waals surface area contributed by atoms with Gasteiger partial charge in [0, 0.05) is 24.9 Å². The van der Waals surface area contributed by atoms with E-state index in [4.69, 9.17) is 5.11 Å². The number of pyridine rings is 1. The van der Waals surface area contributed by atoms with Crippen LogP contribution in [0.4, 0.5) is 5.69 Å². The number of anilines is 1. The van der Waals surface area contributed by atoms with Crippen LogP contribution in [-0.4, -0.2) is 22.1 Å². The number of nitrogens with one attached hydrogen (secondary N) is 1. The van der Waals surface area contributed by atoms with Crippen LogP contribution < -0.4 is 5.32 Å². The molecule has 0 aliphatic rings. The van der Waals surface area contributed by atoms with E-state index in [0.29, 0.717) is 6.42 Å². The molecule has 0 saturated heterocycles. The number of carboxylic acids is 1. The van der Waals surface area contributed by atoms with Crippen LogP contribution >= 0.6 is 0 Å². The summed E-state index contributed by atoms with van der Waals surface area (Å²) in [5, 5.41) is 11.7. The van der Waals surface area contributed by atoms with Crippen molar-refractivity contribution in [2.75, 3.05) is 5.32 Å². The summed E-state index contributed by atoms with van der Waals surface area (Å²) in [6.07, 6.45) is 4.33. The number of aromatic nitrogens is 1. The Hall–Kier alpha value is -1.58. The van der Waals surface area contributed by atoms with E-state index in [1.54, 1.807) is 12.4 Å². The first-order valence-corrected chi connectivity index (χ1v) is 4.98. The minimum absolute atomic E-state index is 0.143. The molecule has 2 N–H and O–H groups in total. The van der Waals surface area contributed by atoms with Gasteiger partial charge in [0.25, 0.3) is 0 Å². The molecule has 1 aromatic rings. The zero-order valence-electron chi connectivity index (χ0n) is 9.03. The van der Waals surface area contributed by atoms with E-state index in [2.05, 4.69) is 10.3 Å². The molecule has 0 aliphatic heterocycles. The predicted molar refractivity (Wildman–Crippen MR) is 58.9 cm³/mol. The van der Waals surface area contributed by atoms with E-state index in [1.165, 1.54) is 0 Å². The Morgan fingerprint density at radius 2 is 2.33 bits per heavy atom. The second-order valence-corrected chi connectivity index (χ2v) is 3.73. The first-order valence-electron chi connectivity index (χ1n) is 4.98. The Bertz CT molecular complexity index is 339. The van der Waals surface area contributed by atoms with Gasteiger partial charge in [-0.25, -0.2) is 0 Å². The van der Waals surface area contributed by atoms with E-state index in [0.717, 1.165) is 11.3 Å². The van der Waals surface area contributed by atoms with E-state index >= 15 is 0 Å². The Morgan fingerprint density at radius 1 is 1.60 bits per heavy atom. The molecule has 0 bridgehead atoms. The minimum Gasteiger partial charge on any atom is -0.481 e. The van der Waals surface area contributed by atoms with Gasteiger partial charge in [0.05, 0.1) is 5.69 Å². The average Bonchev–Trinajstić information content (AvgIpc) is 2.15. The van der Waals surface area contributed by atoms with E-state index < -0.39 is 5.97 Å². The van der Waals surface area contributed by atoms with E-state index in [1.807, 2.05) is 19.9 Å². The van der Waals surface area contributed by atoms with Crippen LogP contribution in [0.2, 0.25) is 0 Å². The van der Waals surface area contributed by atoms with Crippen LogP contribution in [0, 0.1) is 6.92 Å². The Morgan fingerprint density at radius 3 is 2.93 bits per heavy atom. The Kier molecular flexibility index (Phi) is 4.09.